The molecular weight excluding hydrogens is 142 g/mol. The molecule has 0 amide bonds. The van der Waals surface area contributed by atoms with E-state index in [1.54, 1.807) is 4.91 Å². The molecule has 2 rings (SSSR count). The Morgan fingerprint density at radius 2 is 2.60 bits per heavy atom. The Morgan fingerprint density at radius 3 is 3.40 bits per heavy atom. The summed E-state index contributed by atoms with van der Waals surface area (Å²) in [5.41, 5.74) is 0. The smallest absolute Gasteiger partial charge is 0.0492 e. The van der Waals surface area contributed by atoms with Crippen molar-refractivity contribution >= 4 is 11.8 Å². The standard InChI is InChI=1S/C8H11NS/c1-9-6-10-8-5-3-2-4-7(8)9/h2-3,5,7H,4,6H2,1H3. The van der Waals surface area contributed by atoms with Crippen molar-refractivity contribution in [1.29, 1.82) is 0 Å². The number of nitrogens with zero attached hydrogens (tertiary/aromatic N) is 1. The van der Waals surface area contributed by atoms with Crippen LogP contribution in [0.15, 0.2) is 23.1 Å². The lowest BCUT2D eigenvalue weighted by atomic mass is 10.1. The zero-order valence-electron chi connectivity index (χ0n) is 6.08. The van der Waals surface area contributed by atoms with Crippen LogP contribution >= 0.6 is 11.8 Å². The predicted octanol–water partition coefficient (Wildman–Crippen LogP) is 1.83. The van der Waals surface area contributed by atoms with Crippen molar-refractivity contribution in [3.05, 3.63) is 23.1 Å². The van der Waals surface area contributed by atoms with Gasteiger partial charge in [-0.15, -0.1) is 11.8 Å². The van der Waals surface area contributed by atoms with E-state index in [2.05, 4.69) is 30.2 Å². The van der Waals surface area contributed by atoms with Gasteiger partial charge in [0.05, 0.1) is 0 Å². The van der Waals surface area contributed by atoms with Crippen LogP contribution < -0.4 is 0 Å². The van der Waals surface area contributed by atoms with E-state index in [1.165, 1.54) is 6.42 Å². The first-order valence-corrected chi connectivity index (χ1v) is 4.56. The molecule has 0 N–H and O–H groups in total. The first-order valence-electron chi connectivity index (χ1n) is 3.57. The number of allylic oxidation sites excluding steroid dienone is 2. The van der Waals surface area contributed by atoms with E-state index in [0.29, 0.717) is 6.04 Å². The van der Waals surface area contributed by atoms with E-state index < -0.39 is 0 Å². The minimum Gasteiger partial charge on any atom is -0.289 e. The molecule has 1 heterocycles. The maximum absolute atomic E-state index is 2.40. The lowest BCUT2D eigenvalue weighted by molar-refractivity contribution is 0.341. The van der Waals surface area contributed by atoms with Gasteiger partial charge in [-0.1, -0.05) is 18.2 Å². The van der Waals surface area contributed by atoms with Crippen LogP contribution in [0.2, 0.25) is 0 Å². The number of rotatable bonds is 0. The summed E-state index contributed by atoms with van der Waals surface area (Å²) in [5, 5.41) is 0. The van der Waals surface area contributed by atoms with Crippen molar-refractivity contribution in [1.82, 2.24) is 4.90 Å². The third-order valence-corrected chi connectivity index (χ3v) is 3.33. The van der Waals surface area contributed by atoms with Gasteiger partial charge in [0.2, 0.25) is 0 Å². The highest BCUT2D eigenvalue weighted by Gasteiger charge is 2.26. The minimum absolute atomic E-state index is 0.704. The van der Waals surface area contributed by atoms with Gasteiger partial charge in [-0.25, -0.2) is 0 Å². The molecule has 2 heteroatoms. The normalized spacial score (nSPS) is 32.1. The third-order valence-electron chi connectivity index (χ3n) is 2.05. The number of hydrogen-bond donors (Lipinski definition) is 0. The summed E-state index contributed by atoms with van der Waals surface area (Å²) in [5.74, 6) is 1.16. The molecule has 1 atom stereocenters. The van der Waals surface area contributed by atoms with Gasteiger partial charge in [0.15, 0.2) is 0 Å². The second-order valence-electron chi connectivity index (χ2n) is 2.78. The lowest BCUT2D eigenvalue weighted by Crippen LogP contribution is -2.25. The fraction of sp³-hybridized carbons (Fsp3) is 0.500. The van der Waals surface area contributed by atoms with Crippen LogP contribution in [-0.4, -0.2) is 23.9 Å². The summed E-state index contributed by atoms with van der Waals surface area (Å²) < 4.78 is 0. The topological polar surface area (TPSA) is 3.24 Å². The maximum atomic E-state index is 2.40. The quantitative estimate of drug-likeness (QED) is 0.522. The summed E-state index contributed by atoms with van der Waals surface area (Å²) in [6.45, 7) is 0. The highest BCUT2D eigenvalue weighted by molar-refractivity contribution is 8.03. The monoisotopic (exact) mass is 153 g/mol. The molecule has 1 nitrogen and oxygen atoms in total. The largest absolute Gasteiger partial charge is 0.289 e. The SMILES string of the molecule is CN1CSC2=CC=CCC21. The summed E-state index contributed by atoms with van der Waals surface area (Å²) >= 11 is 1.97. The molecule has 0 saturated carbocycles. The molecule has 1 aliphatic carbocycles. The Kier molecular flexibility index (Phi) is 1.58. The highest BCUT2D eigenvalue weighted by atomic mass is 32.2. The molecule has 2 aliphatic rings. The van der Waals surface area contributed by atoms with Crippen molar-refractivity contribution in [2.75, 3.05) is 12.9 Å². The highest BCUT2D eigenvalue weighted by Crippen LogP contribution is 2.35. The Bertz CT molecular complexity index is 195. The number of hydrogen-bond acceptors (Lipinski definition) is 2. The summed E-state index contributed by atoms with van der Waals surface area (Å²) in [6.07, 6.45) is 7.85. The van der Waals surface area contributed by atoms with E-state index in [9.17, 15) is 0 Å². The van der Waals surface area contributed by atoms with Gasteiger partial charge in [0.1, 0.15) is 0 Å². The molecule has 1 aliphatic heterocycles. The molecule has 1 unspecified atom stereocenters. The van der Waals surface area contributed by atoms with Crippen LogP contribution in [0.3, 0.4) is 0 Å². The fourth-order valence-corrected chi connectivity index (χ4v) is 2.58. The van der Waals surface area contributed by atoms with Gasteiger partial charge in [0, 0.05) is 16.8 Å². The maximum Gasteiger partial charge on any atom is 0.0492 e. The van der Waals surface area contributed by atoms with Gasteiger partial charge >= 0.3 is 0 Å². The molecule has 0 aromatic rings. The van der Waals surface area contributed by atoms with Gasteiger partial charge in [-0.2, -0.15) is 0 Å². The number of likely N-dealkylation sites (N-methyl/N-ethyl adjacent to an activating group) is 1. The summed E-state index contributed by atoms with van der Waals surface area (Å²) in [7, 11) is 2.19. The molecule has 0 radical (unpaired) electrons. The molecule has 54 valence electrons. The van der Waals surface area contributed by atoms with E-state index in [1.807, 2.05) is 11.8 Å². The van der Waals surface area contributed by atoms with Gasteiger partial charge in [0.25, 0.3) is 0 Å². The fourth-order valence-electron chi connectivity index (χ4n) is 1.41. The molecule has 10 heavy (non-hydrogen) atoms. The first-order chi connectivity index (χ1) is 4.88. The van der Waals surface area contributed by atoms with E-state index >= 15 is 0 Å². The number of thioether (sulfide) groups is 1. The van der Waals surface area contributed by atoms with Crippen LogP contribution in [0, 0.1) is 0 Å². The summed E-state index contributed by atoms with van der Waals surface area (Å²) in [6, 6.07) is 0.704. The van der Waals surface area contributed by atoms with Crippen molar-refractivity contribution in [3.8, 4) is 0 Å². The molecule has 0 aromatic heterocycles. The summed E-state index contributed by atoms with van der Waals surface area (Å²) in [4.78, 5) is 3.95. The van der Waals surface area contributed by atoms with Crippen molar-refractivity contribution in [2.24, 2.45) is 0 Å². The van der Waals surface area contributed by atoms with Crippen LogP contribution in [0.25, 0.3) is 0 Å². The van der Waals surface area contributed by atoms with Crippen molar-refractivity contribution in [3.63, 3.8) is 0 Å². The Hall–Kier alpha value is -0.210. The Labute approximate surface area is 65.8 Å². The zero-order chi connectivity index (χ0) is 6.97. The second-order valence-corrected chi connectivity index (χ2v) is 3.80. The van der Waals surface area contributed by atoms with Gasteiger partial charge < -0.3 is 0 Å². The Morgan fingerprint density at radius 1 is 1.70 bits per heavy atom. The van der Waals surface area contributed by atoms with E-state index in [4.69, 9.17) is 0 Å². The van der Waals surface area contributed by atoms with E-state index in [0.717, 1.165) is 5.88 Å². The molecular formula is C8H11NS. The number of fused-ring (bicyclic) bond motifs is 1. The van der Waals surface area contributed by atoms with Crippen LogP contribution in [-0.2, 0) is 0 Å². The average Bonchev–Trinajstić information content (AvgIpc) is 2.34. The predicted molar refractivity (Wildman–Crippen MR) is 45.8 cm³/mol. The second kappa shape index (κ2) is 2.44. The lowest BCUT2D eigenvalue weighted by Gasteiger charge is -2.18. The average molecular weight is 153 g/mol. The van der Waals surface area contributed by atoms with Crippen LogP contribution in [0.5, 0.6) is 0 Å². The molecule has 1 saturated heterocycles. The van der Waals surface area contributed by atoms with E-state index in [-0.39, 0.29) is 0 Å². The van der Waals surface area contributed by atoms with Crippen LogP contribution in [0.1, 0.15) is 6.42 Å². The Balaban J connectivity index is 2.23. The van der Waals surface area contributed by atoms with Gasteiger partial charge in [-0.3, -0.25) is 4.90 Å². The van der Waals surface area contributed by atoms with Crippen molar-refractivity contribution in [2.45, 2.75) is 12.5 Å². The van der Waals surface area contributed by atoms with Crippen molar-refractivity contribution < 1.29 is 0 Å². The first kappa shape index (κ1) is 6.50. The third kappa shape index (κ3) is 0.917. The molecule has 0 aromatic carbocycles. The molecule has 0 spiro atoms. The van der Waals surface area contributed by atoms with Crippen LogP contribution in [0.4, 0.5) is 0 Å². The zero-order valence-corrected chi connectivity index (χ0v) is 6.90. The molecule has 0 bridgehead atoms. The van der Waals surface area contributed by atoms with Gasteiger partial charge in [-0.05, 0) is 13.5 Å². The molecule has 1 fully saturated rings. The minimum atomic E-state index is 0.704.